The predicted octanol–water partition coefficient (Wildman–Crippen LogP) is 21.9. The summed E-state index contributed by atoms with van der Waals surface area (Å²) in [5.41, 5.74) is 27.2. The lowest BCUT2D eigenvalue weighted by Crippen LogP contribution is -2.61. The molecule has 0 fully saturated rings. The van der Waals surface area contributed by atoms with Crippen LogP contribution in [0.4, 0.5) is 34.1 Å². The Bertz CT molecular complexity index is 6100. The van der Waals surface area contributed by atoms with Crippen molar-refractivity contribution in [3.8, 4) is 119 Å². The van der Waals surface area contributed by atoms with Gasteiger partial charge in [-0.1, -0.05) is 285 Å². The summed E-state index contributed by atoms with van der Waals surface area (Å²) in [6, 6.07) is 134. The molecule has 494 valence electrons. The van der Waals surface area contributed by atoms with Crippen LogP contribution in [0.25, 0.3) is 140 Å². The minimum absolute atomic E-state index is 0.116. The van der Waals surface area contributed by atoms with Crippen LogP contribution in [0.3, 0.4) is 0 Å². The van der Waals surface area contributed by atoms with Crippen LogP contribution in [0.1, 0.15) is 0 Å². The number of hydrogen-bond donors (Lipinski definition) is 0. The molecule has 0 amide bonds. The molecule has 0 N–H and O–H groups in total. The number of fused-ring (bicyclic) bond motifs is 7. The van der Waals surface area contributed by atoms with E-state index in [-0.39, 0.29) is 6.71 Å². The highest BCUT2D eigenvalue weighted by atomic mass is 15.2. The van der Waals surface area contributed by atoms with Gasteiger partial charge in [-0.2, -0.15) is 0 Å². The maximum absolute atomic E-state index is 5.49. The molecule has 18 aromatic rings. The van der Waals surface area contributed by atoms with E-state index in [4.69, 9.17) is 29.9 Å². The van der Waals surface area contributed by atoms with Crippen molar-refractivity contribution < 1.29 is 0 Å². The molecule has 15 aromatic carbocycles. The molecule has 10 heteroatoms. The number of rotatable bonds is 13. The monoisotopic (exact) mass is 1350 g/mol. The van der Waals surface area contributed by atoms with E-state index in [0.717, 1.165) is 140 Å². The van der Waals surface area contributed by atoms with Crippen LogP contribution in [0.2, 0.25) is 0 Å². The highest BCUT2D eigenvalue weighted by Crippen LogP contribution is 2.49. The summed E-state index contributed by atoms with van der Waals surface area (Å²) in [4.78, 5) is 36.9. The predicted molar refractivity (Wildman–Crippen MR) is 436 cm³/mol. The van der Waals surface area contributed by atoms with Gasteiger partial charge in [-0.15, -0.1) is 0 Å². The van der Waals surface area contributed by atoms with Crippen molar-refractivity contribution in [3.05, 3.63) is 376 Å². The van der Waals surface area contributed by atoms with Crippen LogP contribution in [-0.4, -0.2) is 41.2 Å². The van der Waals surface area contributed by atoms with Crippen molar-refractivity contribution in [2.75, 3.05) is 9.80 Å². The highest BCUT2D eigenvalue weighted by Gasteiger charge is 2.44. The maximum Gasteiger partial charge on any atom is 0.252 e. The van der Waals surface area contributed by atoms with Crippen LogP contribution in [0.5, 0.6) is 0 Å². The van der Waals surface area contributed by atoms with Gasteiger partial charge < -0.3 is 14.4 Å². The Labute approximate surface area is 614 Å². The molecule has 2 aliphatic heterocycles. The molecule has 3 aromatic heterocycles. The van der Waals surface area contributed by atoms with Crippen LogP contribution in [-0.2, 0) is 0 Å². The molecule has 106 heavy (non-hydrogen) atoms. The van der Waals surface area contributed by atoms with Gasteiger partial charge in [0, 0.05) is 78.3 Å². The first-order valence-electron chi connectivity index (χ1n) is 35.9. The smallest absolute Gasteiger partial charge is 0.252 e. The normalized spacial score (nSPS) is 12.1. The molecule has 2 aliphatic rings. The topological polar surface area (TPSA) is 88.8 Å². The molecule has 0 saturated heterocycles. The molecule has 0 aliphatic carbocycles. The van der Waals surface area contributed by atoms with Crippen molar-refractivity contribution in [3.63, 3.8) is 0 Å². The fourth-order valence-corrected chi connectivity index (χ4v) is 15.7. The Morgan fingerprint density at radius 3 is 0.868 bits per heavy atom. The van der Waals surface area contributed by atoms with Crippen molar-refractivity contribution in [2.45, 2.75) is 0 Å². The number of nitrogens with zero attached hydrogens (tertiary/aromatic N) is 9. The van der Waals surface area contributed by atoms with E-state index in [2.05, 4.69) is 293 Å². The molecule has 0 atom stereocenters. The maximum atomic E-state index is 5.49. The van der Waals surface area contributed by atoms with Gasteiger partial charge in [-0.05, 0) is 152 Å². The van der Waals surface area contributed by atoms with E-state index in [1.54, 1.807) is 0 Å². The van der Waals surface area contributed by atoms with Gasteiger partial charge in [0.15, 0.2) is 34.9 Å². The minimum atomic E-state index is -0.116. The number of hydrogen-bond acceptors (Lipinski definition) is 8. The summed E-state index contributed by atoms with van der Waals surface area (Å²) in [6.45, 7) is -0.116. The molecule has 0 unspecified atom stereocenters. The summed E-state index contributed by atoms with van der Waals surface area (Å²) in [5, 5.41) is 2.15. The summed E-state index contributed by atoms with van der Waals surface area (Å²) < 4.78 is 2.40. The summed E-state index contributed by atoms with van der Waals surface area (Å²) in [5.74, 6) is 3.21. The molecule has 0 spiro atoms. The van der Waals surface area contributed by atoms with E-state index in [1.165, 1.54) is 16.4 Å². The molecule has 0 bridgehead atoms. The lowest BCUT2D eigenvalue weighted by atomic mass is 9.33. The van der Waals surface area contributed by atoms with Gasteiger partial charge in [-0.3, -0.25) is 0 Å². The third-order valence-electron chi connectivity index (χ3n) is 20.7. The van der Waals surface area contributed by atoms with Crippen molar-refractivity contribution in [2.24, 2.45) is 0 Å². The second-order valence-electron chi connectivity index (χ2n) is 27.0. The summed E-state index contributed by atoms with van der Waals surface area (Å²) >= 11 is 0. The van der Waals surface area contributed by atoms with Gasteiger partial charge in [0.05, 0.1) is 16.7 Å². The van der Waals surface area contributed by atoms with Crippen LogP contribution < -0.4 is 26.2 Å². The molecule has 0 radical (unpaired) electrons. The Kier molecular flexibility index (Phi) is 15.1. The van der Waals surface area contributed by atoms with Crippen LogP contribution >= 0.6 is 0 Å². The Hall–Kier alpha value is -14.2. The highest BCUT2D eigenvalue weighted by molar-refractivity contribution is 7.00. The summed E-state index contributed by atoms with van der Waals surface area (Å²) in [6.07, 6.45) is 0. The van der Waals surface area contributed by atoms with E-state index >= 15 is 0 Å². The second-order valence-corrected chi connectivity index (χ2v) is 27.0. The average Bonchev–Trinajstić information content (AvgIpc) is 0.797. The van der Waals surface area contributed by atoms with Crippen LogP contribution in [0, 0.1) is 0 Å². The van der Waals surface area contributed by atoms with Gasteiger partial charge in [0.2, 0.25) is 0 Å². The zero-order chi connectivity index (χ0) is 70.0. The van der Waals surface area contributed by atoms with Gasteiger partial charge >= 0.3 is 0 Å². The summed E-state index contributed by atoms with van der Waals surface area (Å²) in [7, 11) is 0. The molecular formula is C96H62BN9. The standard InChI is InChI=1S/C96H62BN9/c1-10-28-63(29-11-1)70-48-53-83-78(56-70)79-57-71(75-61-88-90-89(62-75)105(77-44-26-9-27-45-77)87-60-73(65-32-14-3-15-33-65)47-52-82(87)97(90)81-51-46-72(64-30-12-2-13-31-64)59-86(81)104(88)76-42-24-8-25-43-76)49-54-84(79)106(83)85-55-50-74(95-100-91(66-34-16-4-17-35-66)98-92(101-95)67-36-18-5-19-37-67)58-80(85)96-102-93(68-38-20-6-21-39-68)99-94(103-96)69-40-22-7-23-41-69/h1-62H. The third-order valence-corrected chi connectivity index (χ3v) is 20.7. The average molecular weight is 1350 g/mol. The fourth-order valence-electron chi connectivity index (χ4n) is 15.7. The van der Waals surface area contributed by atoms with Gasteiger partial charge in [0.1, 0.15) is 0 Å². The first kappa shape index (κ1) is 61.6. The Balaban J connectivity index is 0.851. The van der Waals surface area contributed by atoms with Crippen LogP contribution in [0.15, 0.2) is 376 Å². The molecule has 9 nitrogen and oxygen atoms in total. The van der Waals surface area contributed by atoms with Gasteiger partial charge in [-0.25, -0.2) is 29.9 Å². The molecule has 20 rings (SSSR count). The molecule has 5 heterocycles. The van der Waals surface area contributed by atoms with E-state index < -0.39 is 0 Å². The SMILES string of the molecule is c1ccc(-c2ccc3c(c2)N(c2ccccc2)c2cc(-c4ccc5c(c4)c4cc(-c6ccccc6)ccc4n5-c4ccc(-c5nc(-c6ccccc6)nc(-c6ccccc6)n5)cc4-c4nc(-c5ccccc5)nc(-c5ccccc5)n4)cc4c2B3c2ccc(-c3ccccc3)cc2N4c2ccccc2)cc1. The zero-order valence-electron chi connectivity index (χ0n) is 57.4. The lowest BCUT2D eigenvalue weighted by Gasteiger charge is -2.44. The Morgan fingerprint density at radius 1 is 0.198 bits per heavy atom. The zero-order valence-corrected chi connectivity index (χ0v) is 57.4. The first-order chi connectivity index (χ1) is 52.5. The van der Waals surface area contributed by atoms with Crippen molar-refractivity contribution in [1.82, 2.24) is 34.5 Å². The fraction of sp³-hybridized carbons (Fsp3) is 0. The second kappa shape index (κ2) is 26.0. The van der Waals surface area contributed by atoms with E-state index in [9.17, 15) is 0 Å². The number of para-hydroxylation sites is 2. The van der Waals surface area contributed by atoms with Crippen molar-refractivity contribution in [1.29, 1.82) is 0 Å². The largest absolute Gasteiger partial charge is 0.311 e. The third kappa shape index (κ3) is 10.9. The number of benzene rings is 15. The molecule has 0 saturated carbocycles. The first-order valence-corrected chi connectivity index (χ1v) is 35.9. The lowest BCUT2D eigenvalue weighted by molar-refractivity contribution is 1.06. The van der Waals surface area contributed by atoms with Crippen molar-refractivity contribution >= 4 is 79.0 Å². The van der Waals surface area contributed by atoms with Gasteiger partial charge in [0.25, 0.3) is 6.71 Å². The quantitative estimate of drug-likeness (QED) is 0.106. The number of aromatic nitrogens is 7. The van der Waals surface area contributed by atoms with E-state index in [0.29, 0.717) is 34.9 Å². The van der Waals surface area contributed by atoms with E-state index in [1.807, 2.05) is 97.1 Å². The minimum Gasteiger partial charge on any atom is -0.311 e. The molecular weight excluding hydrogens is 1290 g/mol. The number of anilines is 6. The Morgan fingerprint density at radius 2 is 0.491 bits per heavy atom.